The predicted octanol–water partition coefficient (Wildman–Crippen LogP) is 4.27. The molecular weight excluding hydrogens is 384 g/mol. The Balaban J connectivity index is 1.43. The number of nitrogens with zero attached hydrogens (tertiary/aromatic N) is 1. The van der Waals surface area contributed by atoms with Crippen molar-refractivity contribution in [2.45, 2.75) is 13.5 Å². The van der Waals surface area contributed by atoms with Crippen molar-refractivity contribution < 1.29 is 18.3 Å². The first-order valence-corrected chi connectivity index (χ1v) is 9.46. The number of rotatable bonds is 7. The van der Waals surface area contributed by atoms with Gasteiger partial charge in [0.2, 0.25) is 0 Å². The molecule has 0 spiro atoms. The van der Waals surface area contributed by atoms with E-state index in [1.165, 1.54) is 17.4 Å². The standard InChI is InChI=1S/C20H19F2N3O2S/c1-13-18(28-19(25-13)14-5-3-2-4-6-14)12-24-20(26)23-9-10-27-17-8-7-15(21)11-16(17)22/h2-8,11H,9-10,12H2,1H3,(H2,23,24,26). The molecule has 1 aromatic heterocycles. The number of hydrogen-bond donors (Lipinski definition) is 2. The lowest BCUT2D eigenvalue weighted by molar-refractivity contribution is 0.235. The van der Waals surface area contributed by atoms with Crippen molar-refractivity contribution in [1.82, 2.24) is 15.6 Å². The summed E-state index contributed by atoms with van der Waals surface area (Å²) in [7, 11) is 0. The molecule has 0 saturated carbocycles. The Morgan fingerprint density at radius 1 is 1.14 bits per heavy atom. The van der Waals surface area contributed by atoms with Crippen LogP contribution in [0.1, 0.15) is 10.6 Å². The summed E-state index contributed by atoms with van der Waals surface area (Å²) in [6.07, 6.45) is 0. The van der Waals surface area contributed by atoms with Gasteiger partial charge < -0.3 is 15.4 Å². The van der Waals surface area contributed by atoms with Crippen LogP contribution in [0.25, 0.3) is 10.6 Å². The Bertz CT molecular complexity index is 948. The Labute approximate surface area is 165 Å². The predicted molar refractivity (Wildman–Crippen MR) is 104 cm³/mol. The maximum Gasteiger partial charge on any atom is 0.315 e. The zero-order valence-corrected chi connectivity index (χ0v) is 16.0. The van der Waals surface area contributed by atoms with Crippen LogP contribution in [0.3, 0.4) is 0 Å². The number of benzene rings is 2. The van der Waals surface area contributed by atoms with E-state index in [1.54, 1.807) is 0 Å². The number of thiazole rings is 1. The van der Waals surface area contributed by atoms with Gasteiger partial charge in [-0.05, 0) is 19.1 Å². The molecule has 0 aliphatic heterocycles. The van der Waals surface area contributed by atoms with Crippen LogP contribution in [0.4, 0.5) is 13.6 Å². The normalized spacial score (nSPS) is 10.5. The molecule has 0 aliphatic rings. The Morgan fingerprint density at radius 3 is 2.68 bits per heavy atom. The molecule has 2 amide bonds. The summed E-state index contributed by atoms with van der Waals surface area (Å²) in [4.78, 5) is 17.4. The van der Waals surface area contributed by atoms with Gasteiger partial charge in [-0.15, -0.1) is 11.3 Å². The van der Waals surface area contributed by atoms with Crippen molar-refractivity contribution in [3.8, 4) is 16.3 Å². The summed E-state index contributed by atoms with van der Waals surface area (Å²) < 4.78 is 31.5. The molecule has 0 bridgehead atoms. The molecule has 0 aliphatic carbocycles. The van der Waals surface area contributed by atoms with Crippen LogP contribution >= 0.6 is 11.3 Å². The number of hydrogen-bond acceptors (Lipinski definition) is 4. The number of aryl methyl sites for hydroxylation is 1. The third-order valence-electron chi connectivity index (χ3n) is 3.86. The number of nitrogens with one attached hydrogen (secondary N) is 2. The summed E-state index contributed by atoms with van der Waals surface area (Å²) in [6, 6.07) is 12.5. The van der Waals surface area contributed by atoms with Gasteiger partial charge in [0, 0.05) is 16.5 Å². The van der Waals surface area contributed by atoms with Crippen molar-refractivity contribution in [3.63, 3.8) is 0 Å². The Kier molecular flexibility index (Phi) is 6.54. The second kappa shape index (κ2) is 9.27. The van der Waals surface area contributed by atoms with Crippen LogP contribution in [0.15, 0.2) is 48.5 Å². The van der Waals surface area contributed by atoms with Crippen molar-refractivity contribution in [3.05, 3.63) is 70.7 Å². The van der Waals surface area contributed by atoms with Crippen molar-refractivity contribution >= 4 is 17.4 Å². The highest BCUT2D eigenvalue weighted by Gasteiger charge is 2.10. The first-order valence-electron chi connectivity index (χ1n) is 8.64. The van der Waals surface area contributed by atoms with Crippen molar-refractivity contribution in [2.24, 2.45) is 0 Å². The molecule has 3 aromatic rings. The lowest BCUT2D eigenvalue weighted by atomic mass is 10.2. The summed E-state index contributed by atoms with van der Waals surface area (Å²) >= 11 is 1.53. The van der Waals surface area contributed by atoms with Gasteiger partial charge >= 0.3 is 6.03 Å². The highest BCUT2D eigenvalue weighted by Crippen LogP contribution is 2.27. The summed E-state index contributed by atoms with van der Waals surface area (Å²) in [6.45, 7) is 2.51. The minimum absolute atomic E-state index is 0.0580. The fourth-order valence-corrected chi connectivity index (χ4v) is 3.44. The fourth-order valence-electron chi connectivity index (χ4n) is 2.44. The van der Waals surface area contributed by atoms with E-state index in [-0.39, 0.29) is 24.9 Å². The quantitative estimate of drug-likeness (QED) is 0.579. The average molecular weight is 403 g/mol. The van der Waals surface area contributed by atoms with Crippen LogP contribution in [0.5, 0.6) is 5.75 Å². The first-order chi connectivity index (χ1) is 13.5. The van der Waals surface area contributed by atoms with Gasteiger partial charge in [-0.1, -0.05) is 30.3 Å². The molecule has 2 N–H and O–H groups in total. The molecule has 0 unspecified atom stereocenters. The Hall–Kier alpha value is -3.00. The van der Waals surface area contributed by atoms with E-state index in [4.69, 9.17) is 4.74 Å². The number of carbonyl (C=O) groups is 1. The molecular formula is C20H19F2N3O2S. The second-order valence-corrected chi connectivity index (χ2v) is 7.01. The molecule has 146 valence electrons. The number of ether oxygens (including phenoxy) is 1. The topological polar surface area (TPSA) is 63.2 Å². The third kappa shape index (κ3) is 5.26. The average Bonchev–Trinajstić information content (AvgIpc) is 3.06. The van der Waals surface area contributed by atoms with Gasteiger partial charge in [-0.25, -0.2) is 18.6 Å². The van der Waals surface area contributed by atoms with Crippen LogP contribution in [-0.4, -0.2) is 24.2 Å². The molecule has 8 heteroatoms. The highest BCUT2D eigenvalue weighted by molar-refractivity contribution is 7.15. The van der Waals surface area contributed by atoms with Crippen LogP contribution in [0.2, 0.25) is 0 Å². The fraction of sp³-hybridized carbons (Fsp3) is 0.200. The maximum atomic E-state index is 13.4. The molecule has 28 heavy (non-hydrogen) atoms. The first kappa shape index (κ1) is 19.8. The molecule has 0 radical (unpaired) electrons. The summed E-state index contributed by atoms with van der Waals surface area (Å²) in [5, 5.41) is 6.30. The van der Waals surface area contributed by atoms with Gasteiger partial charge in [0.1, 0.15) is 17.4 Å². The van der Waals surface area contributed by atoms with E-state index in [1.807, 2.05) is 37.3 Å². The molecule has 0 fully saturated rings. The van der Waals surface area contributed by atoms with Crippen LogP contribution < -0.4 is 15.4 Å². The maximum absolute atomic E-state index is 13.4. The minimum atomic E-state index is -0.778. The smallest absolute Gasteiger partial charge is 0.315 e. The van der Waals surface area contributed by atoms with Gasteiger partial charge in [-0.2, -0.15) is 0 Å². The zero-order valence-electron chi connectivity index (χ0n) is 15.2. The largest absolute Gasteiger partial charge is 0.489 e. The zero-order chi connectivity index (χ0) is 19.9. The third-order valence-corrected chi connectivity index (χ3v) is 5.07. The summed E-state index contributed by atoms with van der Waals surface area (Å²) in [5.74, 6) is -1.51. The molecule has 5 nitrogen and oxygen atoms in total. The lowest BCUT2D eigenvalue weighted by Gasteiger charge is -2.09. The van der Waals surface area contributed by atoms with E-state index >= 15 is 0 Å². The monoisotopic (exact) mass is 403 g/mol. The van der Waals surface area contributed by atoms with Crippen LogP contribution in [0, 0.1) is 18.6 Å². The second-order valence-electron chi connectivity index (χ2n) is 5.93. The number of urea groups is 1. The molecule has 2 aromatic carbocycles. The lowest BCUT2D eigenvalue weighted by Crippen LogP contribution is -2.37. The van der Waals surface area contributed by atoms with Crippen LogP contribution in [-0.2, 0) is 6.54 Å². The summed E-state index contributed by atoms with van der Waals surface area (Å²) in [5.41, 5.74) is 1.91. The van der Waals surface area contributed by atoms with Gasteiger partial charge in [0.15, 0.2) is 11.6 Å². The van der Waals surface area contributed by atoms with Crippen molar-refractivity contribution in [2.75, 3.05) is 13.2 Å². The van der Waals surface area contributed by atoms with Gasteiger partial charge in [0.25, 0.3) is 0 Å². The molecule has 3 rings (SSSR count). The van der Waals surface area contributed by atoms with E-state index in [2.05, 4.69) is 15.6 Å². The number of carbonyl (C=O) groups excluding carboxylic acids is 1. The van der Waals surface area contributed by atoms with Gasteiger partial charge in [0.05, 0.1) is 18.8 Å². The number of amides is 2. The number of halogens is 2. The number of aromatic nitrogens is 1. The Morgan fingerprint density at radius 2 is 1.93 bits per heavy atom. The van der Waals surface area contributed by atoms with Crippen molar-refractivity contribution in [1.29, 1.82) is 0 Å². The minimum Gasteiger partial charge on any atom is -0.489 e. The molecule has 0 atom stereocenters. The van der Waals surface area contributed by atoms with E-state index in [9.17, 15) is 13.6 Å². The van der Waals surface area contributed by atoms with Gasteiger partial charge in [-0.3, -0.25) is 0 Å². The molecule has 1 heterocycles. The highest BCUT2D eigenvalue weighted by atomic mass is 32.1. The van der Waals surface area contributed by atoms with E-state index in [0.29, 0.717) is 6.54 Å². The van der Waals surface area contributed by atoms with E-state index in [0.717, 1.165) is 33.3 Å². The van der Waals surface area contributed by atoms with E-state index < -0.39 is 11.6 Å². The molecule has 0 saturated heterocycles. The SMILES string of the molecule is Cc1nc(-c2ccccc2)sc1CNC(=O)NCCOc1ccc(F)cc1F.